The van der Waals surface area contributed by atoms with Gasteiger partial charge in [0.05, 0.1) is 24.6 Å². The van der Waals surface area contributed by atoms with Crippen molar-refractivity contribution < 1.29 is 14.2 Å². The third-order valence-electron chi connectivity index (χ3n) is 6.52. The first kappa shape index (κ1) is 21.2. The molecule has 0 spiro atoms. The second-order valence-electron chi connectivity index (χ2n) is 8.74. The van der Waals surface area contributed by atoms with E-state index < -0.39 is 0 Å². The molecular weight excluding hydrogens is 430 g/mol. The average Bonchev–Trinajstić information content (AvgIpc) is 2.88. The van der Waals surface area contributed by atoms with Gasteiger partial charge in [-0.1, -0.05) is 6.07 Å². The van der Waals surface area contributed by atoms with Gasteiger partial charge in [-0.2, -0.15) is 0 Å². The van der Waals surface area contributed by atoms with Gasteiger partial charge in [-0.3, -0.25) is 0 Å². The number of aryl methyl sites for hydroxylation is 2. The van der Waals surface area contributed by atoms with Crippen molar-refractivity contribution in [1.29, 1.82) is 0 Å². The molecular formula is C26H29N5O3. The van der Waals surface area contributed by atoms with Crippen LogP contribution in [0.4, 0.5) is 17.3 Å². The molecule has 0 radical (unpaired) electrons. The Kier molecular flexibility index (Phi) is 5.91. The van der Waals surface area contributed by atoms with Crippen LogP contribution in [0.2, 0.25) is 0 Å². The number of rotatable bonds is 1. The van der Waals surface area contributed by atoms with Crippen molar-refractivity contribution in [1.82, 2.24) is 15.3 Å². The highest BCUT2D eigenvalue weighted by Crippen LogP contribution is 2.36. The lowest BCUT2D eigenvalue weighted by molar-refractivity contribution is 0.0765. The van der Waals surface area contributed by atoms with E-state index in [1.54, 1.807) is 0 Å². The van der Waals surface area contributed by atoms with E-state index in [2.05, 4.69) is 44.8 Å². The summed E-state index contributed by atoms with van der Waals surface area (Å²) >= 11 is 0. The summed E-state index contributed by atoms with van der Waals surface area (Å²) in [6.45, 7) is 5.80. The first-order chi connectivity index (χ1) is 16.8. The smallest absolute Gasteiger partial charge is 0.227 e. The summed E-state index contributed by atoms with van der Waals surface area (Å²) in [5.74, 6) is 2.24. The minimum Gasteiger partial charge on any atom is -0.491 e. The van der Waals surface area contributed by atoms with Gasteiger partial charge in [0.25, 0.3) is 0 Å². The largest absolute Gasteiger partial charge is 0.491 e. The number of fused-ring (bicyclic) bond motifs is 4. The molecule has 2 aromatic carbocycles. The second kappa shape index (κ2) is 9.48. The van der Waals surface area contributed by atoms with Gasteiger partial charge in [0.2, 0.25) is 5.95 Å². The van der Waals surface area contributed by atoms with Crippen molar-refractivity contribution in [3.63, 3.8) is 0 Å². The van der Waals surface area contributed by atoms with Crippen molar-refractivity contribution in [3.05, 3.63) is 53.7 Å². The highest BCUT2D eigenvalue weighted by molar-refractivity contribution is 5.73. The Bertz CT molecular complexity index is 1180. The molecule has 0 atom stereocenters. The summed E-state index contributed by atoms with van der Waals surface area (Å²) < 4.78 is 17.9. The molecule has 34 heavy (non-hydrogen) atoms. The average molecular weight is 460 g/mol. The third kappa shape index (κ3) is 4.38. The molecule has 3 aliphatic rings. The number of benzene rings is 2. The van der Waals surface area contributed by atoms with Gasteiger partial charge in [0, 0.05) is 49.7 Å². The number of nitrogens with zero attached hydrogens (tertiary/aromatic N) is 3. The van der Waals surface area contributed by atoms with Gasteiger partial charge in [0.15, 0.2) is 0 Å². The van der Waals surface area contributed by atoms with E-state index in [4.69, 9.17) is 19.2 Å². The number of nitrogens with one attached hydrogen (secondary N) is 2. The van der Waals surface area contributed by atoms with Crippen LogP contribution in [-0.4, -0.2) is 62.6 Å². The Morgan fingerprint density at radius 1 is 0.853 bits per heavy atom. The molecule has 176 valence electrons. The van der Waals surface area contributed by atoms with Gasteiger partial charge < -0.3 is 29.7 Å². The standard InChI is InChI=1S/C26H29N5O3/c1-2-19-17-28-26-29-20-4-6-23(31-9-7-27-8-10-31)24(15-20)34-14-12-32-11-13-33-21-5-3-18(1)22(16-21)25(19)30-26/h3-6,15-17,27H,1-2,7-14H2,(H,28,29,30). The van der Waals surface area contributed by atoms with Gasteiger partial charge in [-0.05, 0) is 48.2 Å². The maximum absolute atomic E-state index is 6.18. The molecule has 6 bridgehead atoms. The van der Waals surface area contributed by atoms with E-state index in [0.29, 0.717) is 32.4 Å². The fourth-order valence-electron chi connectivity index (χ4n) is 4.77. The molecule has 2 aliphatic heterocycles. The highest BCUT2D eigenvalue weighted by Gasteiger charge is 2.20. The van der Waals surface area contributed by atoms with Crippen molar-refractivity contribution in [2.75, 3.05) is 62.8 Å². The summed E-state index contributed by atoms with van der Waals surface area (Å²) in [4.78, 5) is 11.9. The molecule has 6 rings (SSSR count). The topological polar surface area (TPSA) is 80.8 Å². The van der Waals surface area contributed by atoms with Gasteiger partial charge >= 0.3 is 0 Å². The Balaban J connectivity index is 1.36. The third-order valence-corrected chi connectivity index (χ3v) is 6.52. The molecule has 1 aromatic heterocycles. The van der Waals surface area contributed by atoms with Crippen LogP contribution in [0, 0.1) is 0 Å². The summed E-state index contributed by atoms with van der Waals surface area (Å²) in [6, 6.07) is 12.5. The summed E-state index contributed by atoms with van der Waals surface area (Å²) in [5, 5.41) is 6.80. The number of hydrogen-bond acceptors (Lipinski definition) is 8. The lowest BCUT2D eigenvalue weighted by atomic mass is 9.90. The van der Waals surface area contributed by atoms with E-state index in [1.807, 2.05) is 18.3 Å². The predicted octanol–water partition coefficient (Wildman–Crippen LogP) is 3.18. The van der Waals surface area contributed by atoms with E-state index >= 15 is 0 Å². The van der Waals surface area contributed by atoms with Crippen molar-refractivity contribution in [2.24, 2.45) is 0 Å². The number of anilines is 3. The Hall–Kier alpha value is -3.36. The monoisotopic (exact) mass is 459 g/mol. The van der Waals surface area contributed by atoms with Crippen LogP contribution in [-0.2, 0) is 17.6 Å². The Morgan fingerprint density at radius 2 is 1.71 bits per heavy atom. The fourth-order valence-corrected chi connectivity index (χ4v) is 4.77. The van der Waals surface area contributed by atoms with Crippen LogP contribution in [0.5, 0.6) is 11.5 Å². The zero-order valence-electron chi connectivity index (χ0n) is 19.2. The molecule has 2 N–H and O–H groups in total. The van der Waals surface area contributed by atoms with Gasteiger partial charge in [-0.25, -0.2) is 9.97 Å². The van der Waals surface area contributed by atoms with Crippen molar-refractivity contribution >= 4 is 17.3 Å². The van der Waals surface area contributed by atoms with Crippen LogP contribution >= 0.6 is 0 Å². The summed E-state index contributed by atoms with van der Waals surface area (Å²) in [6.07, 6.45) is 3.86. The van der Waals surface area contributed by atoms with Crippen LogP contribution in [0.1, 0.15) is 11.1 Å². The van der Waals surface area contributed by atoms with Crippen molar-refractivity contribution in [3.8, 4) is 22.8 Å². The first-order valence-electron chi connectivity index (χ1n) is 12.0. The molecule has 8 heteroatoms. The maximum Gasteiger partial charge on any atom is 0.227 e. The summed E-state index contributed by atoms with van der Waals surface area (Å²) in [7, 11) is 0. The fraction of sp³-hybridized carbons (Fsp3) is 0.385. The quantitative estimate of drug-likeness (QED) is 0.574. The minimum absolute atomic E-state index is 0.469. The highest BCUT2D eigenvalue weighted by atomic mass is 16.5. The number of piperazine rings is 1. The van der Waals surface area contributed by atoms with Crippen molar-refractivity contribution in [2.45, 2.75) is 12.8 Å². The molecule has 1 fully saturated rings. The maximum atomic E-state index is 6.18. The molecule has 0 unspecified atom stereocenters. The van der Waals surface area contributed by atoms with Crippen LogP contribution < -0.4 is 25.0 Å². The SMILES string of the molecule is c1cc(N2CCNCC2)c2cc1Nc1ncc3c(n1)-c1cc(ccc1CC3)OCCOCCO2. The molecule has 3 heterocycles. The zero-order chi connectivity index (χ0) is 22.7. The van der Waals surface area contributed by atoms with E-state index in [9.17, 15) is 0 Å². The normalized spacial score (nSPS) is 17.8. The molecule has 1 saturated heterocycles. The van der Waals surface area contributed by atoms with Crippen LogP contribution in [0.15, 0.2) is 42.6 Å². The summed E-state index contributed by atoms with van der Waals surface area (Å²) in [5.41, 5.74) is 6.53. The Morgan fingerprint density at radius 3 is 2.62 bits per heavy atom. The number of ether oxygens (including phenoxy) is 3. The van der Waals surface area contributed by atoms with Gasteiger partial charge in [-0.15, -0.1) is 0 Å². The minimum atomic E-state index is 0.469. The van der Waals surface area contributed by atoms with Gasteiger partial charge in [0.1, 0.15) is 24.7 Å². The molecule has 0 saturated carbocycles. The number of hydrogen-bond donors (Lipinski definition) is 2. The van der Waals surface area contributed by atoms with Crippen LogP contribution in [0.3, 0.4) is 0 Å². The number of aromatic nitrogens is 2. The van der Waals surface area contributed by atoms with E-state index in [1.165, 1.54) is 5.56 Å². The lowest BCUT2D eigenvalue weighted by Gasteiger charge is -2.31. The molecule has 8 nitrogen and oxygen atoms in total. The van der Waals surface area contributed by atoms with E-state index in [0.717, 1.165) is 78.7 Å². The van der Waals surface area contributed by atoms with Crippen LogP contribution in [0.25, 0.3) is 11.3 Å². The molecule has 1 aliphatic carbocycles. The second-order valence-corrected chi connectivity index (χ2v) is 8.74. The molecule has 0 amide bonds. The predicted molar refractivity (Wildman–Crippen MR) is 131 cm³/mol. The zero-order valence-corrected chi connectivity index (χ0v) is 19.2. The van der Waals surface area contributed by atoms with E-state index in [-0.39, 0.29) is 0 Å². The molecule has 3 aromatic rings. The lowest BCUT2D eigenvalue weighted by Crippen LogP contribution is -2.43. The first-order valence-corrected chi connectivity index (χ1v) is 12.0. The Labute approximate surface area is 199 Å².